The van der Waals surface area contributed by atoms with Gasteiger partial charge in [-0.05, 0) is 43.4 Å². The summed E-state index contributed by atoms with van der Waals surface area (Å²) in [6.45, 7) is 1.21. The molecule has 0 aromatic heterocycles. The van der Waals surface area contributed by atoms with Gasteiger partial charge in [0.15, 0.2) is 0 Å². The standard InChI is InChI=1S/C20H27NO5/c1-26-14-2-3-18(22)10-8-17-9-11-19(23)21(17)13-12-15-4-6-16(7-5-15)20(24)25/h4-8,10,17-18,22H,2-3,9,11-14H2,1H3,(H,24,25)/t17-,18-/m0/s1. The molecule has 0 spiro atoms. The number of aliphatic hydroxyl groups excluding tert-OH is 1. The molecule has 1 heterocycles. The maximum atomic E-state index is 12.1. The monoisotopic (exact) mass is 361 g/mol. The molecule has 1 aliphatic rings. The summed E-state index contributed by atoms with van der Waals surface area (Å²) in [6.07, 6.45) is 6.56. The van der Waals surface area contributed by atoms with E-state index >= 15 is 0 Å². The molecule has 2 N–H and O–H groups in total. The van der Waals surface area contributed by atoms with Gasteiger partial charge in [-0.1, -0.05) is 24.3 Å². The minimum Gasteiger partial charge on any atom is -0.478 e. The van der Waals surface area contributed by atoms with E-state index in [1.807, 2.05) is 11.0 Å². The number of carbonyl (C=O) groups excluding carboxylic acids is 1. The van der Waals surface area contributed by atoms with Crippen LogP contribution >= 0.6 is 0 Å². The smallest absolute Gasteiger partial charge is 0.335 e. The largest absolute Gasteiger partial charge is 0.478 e. The summed E-state index contributed by atoms with van der Waals surface area (Å²) in [6, 6.07) is 6.75. The van der Waals surface area contributed by atoms with Crippen LogP contribution in [0.1, 0.15) is 41.6 Å². The molecule has 2 rings (SSSR count). The predicted molar refractivity (Wildman–Crippen MR) is 98.1 cm³/mol. The van der Waals surface area contributed by atoms with Crippen LogP contribution in [0.3, 0.4) is 0 Å². The number of aromatic carboxylic acids is 1. The van der Waals surface area contributed by atoms with E-state index in [1.165, 1.54) is 0 Å². The summed E-state index contributed by atoms with van der Waals surface area (Å²) < 4.78 is 4.98. The first-order valence-corrected chi connectivity index (χ1v) is 8.98. The normalized spacial score (nSPS) is 18.6. The molecule has 142 valence electrons. The Morgan fingerprint density at radius 3 is 2.77 bits per heavy atom. The minimum absolute atomic E-state index is 0.0119. The molecule has 1 aliphatic heterocycles. The highest BCUT2D eigenvalue weighted by atomic mass is 16.5. The number of nitrogens with zero attached hydrogens (tertiary/aromatic N) is 1. The molecule has 0 saturated carbocycles. The second-order valence-electron chi connectivity index (χ2n) is 6.53. The molecule has 0 aliphatic carbocycles. The van der Waals surface area contributed by atoms with Crippen molar-refractivity contribution in [2.45, 2.75) is 44.2 Å². The Morgan fingerprint density at radius 1 is 1.38 bits per heavy atom. The molecule has 0 radical (unpaired) electrons. The van der Waals surface area contributed by atoms with E-state index in [-0.39, 0.29) is 17.5 Å². The van der Waals surface area contributed by atoms with Crippen LogP contribution < -0.4 is 0 Å². The number of carboxylic acids is 1. The van der Waals surface area contributed by atoms with E-state index in [0.717, 1.165) is 18.4 Å². The number of amides is 1. The second-order valence-corrected chi connectivity index (χ2v) is 6.53. The fraction of sp³-hybridized carbons (Fsp3) is 0.500. The molecular weight excluding hydrogens is 334 g/mol. The van der Waals surface area contributed by atoms with Crippen molar-refractivity contribution in [1.29, 1.82) is 0 Å². The zero-order valence-corrected chi connectivity index (χ0v) is 15.1. The highest BCUT2D eigenvalue weighted by Crippen LogP contribution is 2.21. The van der Waals surface area contributed by atoms with Crippen molar-refractivity contribution < 1.29 is 24.5 Å². The molecule has 1 amide bonds. The molecule has 1 fully saturated rings. The van der Waals surface area contributed by atoms with Crippen molar-refractivity contribution in [3.8, 4) is 0 Å². The van der Waals surface area contributed by atoms with Gasteiger partial charge in [0.2, 0.25) is 5.91 Å². The predicted octanol–water partition coefficient (Wildman–Crippen LogP) is 2.26. The molecule has 1 aromatic rings. The summed E-state index contributed by atoms with van der Waals surface area (Å²) in [5, 5.41) is 18.9. The van der Waals surface area contributed by atoms with E-state index in [1.54, 1.807) is 37.5 Å². The Balaban J connectivity index is 1.87. The molecule has 0 unspecified atom stereocenters. The van der Waals surface area contributed by atoms with E-state index < -0.39 is 12.1 Å². The Kier molecular flexibility index (Phi) is 7.81. The summed E-state index contributed by atoms with van der Waals surface area (Å²) in [4.78, 5) is 24.9. The fourth-order valence-corrected chi connectivity index (χ4v) is 3.10. The minimum atomic E-state index is -0.944. The van der Waals surface area contributed by atoms with E-state index in [0.29, 0.717) is 32.4 Å². The van der Waals surface area contributed by atoms with Crippen LogP contribution in [-0.4, -0.2) is 59.4 Å². The van der Waals surface area contributed by atoms with Crippen molar-refractivity contribution in [2.24, 2.45) is 0 Å². The third-order valence-corrected chi connectivity index (χ3v) is 4.62. The number of aliphatic hydroxyl groups is 1. The van der Waals surface area contributed by atoms with Gasteiger partial charge in [0.25, 0.3) is 0 Å². The van der Waals surface area contributed by atoms with Crippen LogP contribution in [0.25, 0.3) is 0 Å². The Hall–Kier alpha value is -2.18. The zero-order chi connectivity index (χ0) is 18.9. The van der Waals surface area contributed by atoms with Gasteiger partial charge < -0.3 is 19.8 Å². The van der Waals surface area contributed by atoms with Gasteiger partial charge in [0.05, 0.1) is 17.7 Å². The van der Waals surface area contributed by atoms with Crippen molar-refractivity contribution >= 4 is 11.9 Å². The zero-order valence-electron chi connectivity index (χ0n) is 15.1. The number of hydrogen-bond donors (Lipinski definition) is 2. The van der Waals surface area contributed by atoms with Gasteiger partial charge in [-0.3, -0.25) is 4.79 Å². The van der Waals surface area contributed by atoms with Crippen molar-refractivity contribution in [3.63, 3.8) is 0 Å². The highest BCUT2D eigenvalue weighted by molar-refractivity contribution is 5.87. The Morgan fingerprint density at radius 2 is 2.12 bits per heavy atom. The molecular formula is C20H27NO5. The first kappa shape index (κ1) is 20.1. The number of carbonyl (C=O) groups is 2. The van der Waals surface area contributed by atoms with Gasteiger partial charge in [0, 0.05) is 26.7 Å². The lowest BCUT2D eigenvalue weighted by Crippen LogP contribution is -2.33. The average Bonchev–Trinajstić information content (AvgIpc) is 2.98. The van der Waals surface area contributed by atoms with Crippen LogP contribution in [-0.2, 0) is 16.0 Å². The number of methoxy groups -OCH3 is 1. The third kappa shape index (κ3) is 5.97. The molecule has 0 bridgehead atoms. The fourth-order valence-electron chi connectivity index (χ4n) is 3.10. The number of carboxylic acid groups (broad SMARTS) is 1. The molecule has 6 nitrogen and oxygen atoms in total. The first-order valence-electron chi connectivity index (χ1n) is 8.98. The van der Waals surface area contributed by atoms with Crippen molar-refractivity contribution in [1.82, 2.24) is 4.90 Å². The van der Waals surface area contributed by atoms with Gasteiger partial charge >= 0.3 is 5.97 Å². The SMILES string of the molecule is COCCC[C@H](O)C=C[C@H]1CCC(=O)N1CCc1ccc(C(=O)O)cc1. The first-order chi connectivity index (χ1) is 12.5. The third-order valence-electron chi connectivity index (χ3n) is 4.62. The topological polar surface area (TPSA) is 87.1 Å². The van der Waals surface area contributed by atoms with Gasteiger partial charge in [-0.25, -0.2) is 4.79 Å². The van der Waals surface area contributed by atoms with E-state index in [2.05, 4.69) is 0 Å². The van der Waals surface area contributed by atoms with E-state index in [9.17, 15) is 14.7 Å². The van der Waals surface area contributed by atoms with Crippen LogP contribution in [0, 0.1) is 0 Å². The summed E-state index contributed by atoms with van der Waals surface area (Å²) in [5.74, 6) is -0.823. The number of rotatable bonds is 10. The van der Waals surface area contributed by atoms with Crippen LogP contribution in [0.5, 0.6) is 0 Å². The second kappa shape index (κ2) is 10.1. The quantitative estimate of drug-likeness (QED) is 0.493. The average molecular weight is 361 g/mol. The number of hydrogen-bond acceptors (Lipinski definition) is 4. The lowest BCUT2D eigenvalue weighted by Gasteiger charge is -2.22. The van der Waals surface area contributed by atoms with Crippen LogP contribution in [0.2, 0.25) is 0 Å². The van der Waals surface area contributed by atoms with Crippen LogP contribution in [0.15, 0.2) is 36.4 Å². The highest BCUT2D eigenvalue weighted by Gasteiger charge is 2.28. The molecule has 1 saturated heterocycles. The van der Waals surface area contributed by atoms with Gasteiger partial charge in [-0.2, -0.15) is 0 Å². The van der Waals surface area contributed by atoms with Gasteiger partial charge in [-0.15, -0.1) is 0 Å². The van der Waals surface area contributed by atoms with Crippen molar-refractivity contribution in [2.75, 3.05) is 20.3 Å². The van der Waals surface area contributed by atoms with E-state index in [4.69, 9.17) is 9.84 Å². The number of ether oxygens (including phenoxy) is 1. The Labute approximate surface area is 154 Å². The van der Waals surface area contributed by atoms with Crippen molar-refractivity contribution in [3.05, 3.63) is 47.5 Å². The van der Waals surface area contributed by atoms with Gasteiger partial charge in [0.1, 0.15) is 0 Å². The lowest BCUT2D eigenvalue weighted by atomic mass is 10.1. The Bertz CT molecular complexity index is 626. The molecule has 1 aromatic carbocycles. The lowest BCUT2D eigenvalue weighted by molar-refractivity contribution is -0.128. The number of likely N-dealkylation sites (tertiary alicyclic amines) is 1. The summed E-state index contributed by atoms with van der Waals surface area (Å²) in [5.41, 5.74) is 1.26. The molecule has 6 heteroatoms. The summed E-state index contributed by atoms with van der Waals surface area (Å²) in [7, 11) is 1.64. The maximum absolute atomic E-state index is 12.1. The number of benzene rings is 1. The maximum Gasteiger partial charge on any atom is 0.335 e. The molecule has 2 atom stereocenters. The molecule has 26 heavy (non-hydrogen) atoms. The van der Waals surface area contributed by atoms with Crippen LogP contribution in [0.4, 0.5) is 0 Å². The summed E-state index contributed by atoms with van der Waals surface area (Å²) >= 11 is 0.